The van der Waals surface area contributed by atoms with Crippen LogP contribution in [0.1, 0.15) is 29.9 Å². The van der Waals surface area contributed by atoms with Crippen molar-refractivity contribution in [2.45, 2.75) is 25.2 Å². The molecular weight excluding hydrogens is 160 g/mol. The second-order valence-corrected chi connectivity index (χ2v) is 3.78. The van der Waals surface area contributed by atoms with Gasteiger partial charge in [0.15, 0.2) is 0 Å². The number of rotatable bonds is 1. The number of fused-ring (bicyclic) bond motifs is 1. The number of hydrogen-bond donors (Lipinski definition) is 2. The molecule has 1 unspecified atom stereocenters. The number of hydrogen-bond acceptors (Lipinski definition) is 2. The highest BCUT2D eigenvalue weighted by atomic mass is 14.6. The second-order valence-electron chi connectivity index (χ2n) is 3.78. The topological polar surface area (TPSA) is 52.0 Å². The minimum absolute atomic E-state index is 0.534. The maximum absolute atomic E-state index is 5.76. The minimum atomic E-state index is 0.534. The molecule has 1 atom stereocenters. The lowest BCUT2D eigenvalue weighted by Crippen LogP contribution is -2.18. The van der Waals surface area contributed by atoms with Crippen LogP contribution in [-0.2, 0) is 6.42 Å². The van der Waals surface area contributed by atoms with Gasteiger partial charge < -0.3 is 11.5 Å². The minimum Gasteiger partial charge on any atom is -0.399 e. The smallest absolute Gasteiger partial charge is 0.0317 e. The molecule has 2 nitrogen and oxygen atoms in total. The zero-order valence-corrected chi connectivity index (χ0v) is 7.79. The second kappa shape index (κ2) is 3.38. The maximum Gasteiger partial charge on any atom is 0.0317 e. The Morgan fingerprint density at radius 1 is 1.38 bits per heavy atom. The standard InChI is InChI=1S/C11H16N2/c12-7-9-3-1-2-8-4-5-10(13)6-11(8)9/h4-6,9H,1-3,7,12-13H2. The molecule has 1 aliphatic rings. The van der Waals surface area contributed by atoms with Crippen LogP contribution in [0.3, 0.4) is 0 Å². The Morgan fingerprint density at radius 3 is 3.00 bits per heavy atom. The summed E-state index contributed by atoms with van der Waals surface area (Å²) in [6, 6.07) is 6.22. The zero-order chi connectivity index (χ0) is 9.26. The number of aryl methyl sites for hydroxylation is 1. The van der Waals surface area contributed by atoms with Crippen LogP contribution in [0.15, 0.2) is 18.2 Å². The van der Waals surface area contributed by atoms with E-state index in [0.29, 0.717) is 5.92 Å². The van der Waals surface area contributed by atoms with Gasteiger partial charge in [-0.15, -0.1) is 0 Å². The van der Waals surface area contributed by atoms with Crippen LogP contribution >= 0.6 is 0 Å². The molecule has 70 valence electrons. The maximum atomic E-state index is 5.76. The molecule has 2 rings (SSSR count). The molecule has 0 aliphatic heterocycles. The van der Waals surface area contributed by atoms with Crippen LogP contribution in [0.5, 0.6) is 0 Å². The molecule has 1 aromatic rings. The summed E-state index contributed by atoms with van der Waals surface area (Å²) in [5.74, 6) is 0.534. The van der Waals surface area contributed by atoms with Crippen molar-refractivity contribution in [3.8, 4) is 0 Å². The molecule has 13 heavy (non-hydrogen) atoms. The molecular formula is C11H16N2. The Balaban J connectivity index is 2.41. The number of nitrogens with two attached hydrogens (primary N) is 2. The van der Waals surface area contributed by atoms with Gasteiger partial charge in [-0.2, -0.15) is 0 Å². The molecule has 4 N–H and O–H groups in total. The first kappa shape index (κ1) is 8.57. The van der Waals surface area contributed by atoms with Gasteiger partial charge in [-0.05, 0) is 55.0 Å². The van der Waals surface area contributed by atoms with Crippen LogP contribution in [0, 0.1) is 0 Å². The van der Waals surface area contributed by atoms with E-state index in [2.05, 4.69) is 12.1 Å². The third-order valence-corrected chi connectivity index (χ3v) is 2.89. The molecule has 1 aromatic carbocycles. The Kier molecular flexibility index (Phi) is 2.23. The van der Waals surface area contributed by atoms with Crippen molar-refractivity contribution in [3.05, 3.63) is 29.3 Å². The number of anilines is 1. The first-order valence-electron chi connectivity index (χ1n) is 4.89. The Labute approximate surface area is 78.9 Å². The molecule has 0 radical (unpaired) electrons. The van der Waals surface area contributed by atoms with E-state index in [0.717, 1.165) is 12.2 Å². The Hall–Kier alpha value is -1.02. The van der Waals surface area contributed by atoms with Gasteiger partial charge in [0.25, 0.3) is 0 Å². The van der Waals surface area contributed by atoms with Crippen LogP contribution < -0.4 is 11.5 Å². The molecule has 0 spiro atoms. The summed E-state index contributed by atoms with van der Waals surface area (Å²) in [6.07, 6.45) is 3.66. The van der Waals surface area contributed by atoms with E-state index in [1.165, 1.54) is 30.4 Å². The van der Waals surface area contributed by atoms with Crippen LogP contribution in [0.2, 0.25) is 0 Å². The lowest BCUT2D eigenvalue weighted by molar-refractivity contribution is 0.561. The summed E-state index contributed by atoms with van der Waals surface area (Å²) in [4.78, 5) is 0. The molecule has 0 heterocycles. The van der Waals surface area contributed by atoms with Crippen molar-refractivity contribution < 1.29 is 0 Å². The fraction of sp³-hybridized carbons (Fsp3) is 0.455. The first-order valence-corrected chi connectivity index (χ1v) is 4.89. The van der Waals surface area contributed by atoms with E-state index in [1.807, 2.05) is 6.07 Å². The zero-order valence-electron chi connectivity index (χ0n) is 7.79. The van der Waals surface area contributed by atoms with Gasteiger partial charge in [0.2, 0.25) is 0 Å². The molecule has 0 saturated carbocycles. The molecule has 2 heteroatoms. The highest BCUT2D eigenvalue weighted by Gasteiger charge is 2.18. The molecule has 0 fully saturated rings. The van der Waals surface area contributed by atoms with Crippen LogP contribution in [-0.4, -0.2) is 6.54 Å². The van der Waals surface area contributed by atoms with Gasteiger partial charge in [-0.3, -0.25) is 0 Å². The Morgan fingerprint density at radius 2 is 2.23 bits per heavy atom. The van der Waals surface area contributed by atoms with E-state index < -0.39 is 0 Å². The molecule has 0 saturated heterocycles. The quantitative estimate of drug-likeness (QED) is 0.639. The van der Waals surface area contributed by atoms with Crippen LogP contribution in [0.25, 0.3) is 0 Å². The van der Waals surface area contributed by atoms with Gasteiger partial charge in [0.05, 0.1) is 0 Å². The lowest BCUT2D eigenvalue weighted by Gasteiger charge is -2.24. The molecule has 0 aromatic heterocycles. The Bertz CT molecular complexity index is 307. The first-order chi connectivity index (χ1) is 6.31. The third-order valence-electron chi connectivity index (χ3n) is 2.89. The van der Waals surface area contributed by atoms with Crippen molar-refractivity contribution in [3.63, 3.8) is 0 Å². The van der Waals surface area contributed by atoms with Crippen molar-refractivity contribution in [2.75, 3.05) is 12.3 Å². The van der Waals surface area contributed by atoms with Gasteiger partial charge in [0.1, 0.15) is 0 Å². The van der Waals surface area contributed by atoms with Crippen LogP contribution in [0.4, 0.5) is 5.69 Å². The summed E-state index contributed by atoms with van der Waals surface area (Å²) in [7, 11) is 0. The van der Waals surface area contributed by atoms with E-state index in [1.54, 1.807) is 0 Å². The lowest BCUT2D eigenvalue weighted by atomic mass is 9.83. The highest BCUT2D eigenvalue weighted by molar-refractivity contribution is 5.47. The van der Waals surface area contributed by atoms with Gasteiger partial charge in [-0.1, -0.05) is 6.07 Å². The van der Waals surface area contributed by atoms with Crippen molar-refractivity contribution >= 4 is 5.69 Å². The highest BCUT2D eigenvalue weighted by Crippen LogP contribution is 2.31. The molecule has 0 amide bonds. The summed E-state index contributed by atoms with van der Waals surface area (Å²) < 4.78 is 0. The predicted octanol–water partition coefficient (Wildman–Crippen LogP) is 1.65. The SMILES string of the molecule is NCC1CCCc2ccc(N)cc21. The molecule has 1 aliphatic carbocycles. The van der Waals surface area contributed by atoms with Gasteiger partial charge >= 0.3 is 0 Å². The predicted molar refractivity (Wildman–Crippen MR) is 55.6 cm³/mol. The largest absolute Gasteiger partial charge is 0.399 e. The summed E-state index contributed by atoms with van der Waals surface area (Å²) in [5.41, 5.74) is 15.2. The monoisotopic (exact) mass is 176 g/mol. The molecule has 0 bridgehead atoms. The van der Waals surface area contributed by atoms with Gasteiger partial charge in [-0.25, -0.2) is 0 Å². The number of benzene rings is 1. The van der Waals surface area contributed by atoms with Crippen molar-refractivity contribution in [2.24, 2.45) is 5.73 Å². The number of nitrogen functional groups attached to an aromatic ring is 1. The third kappa shape index (κ3) is 1.54. The summed E-state index contributed by atoms with van der Waals surface area (Å²) in [5, 5.41) is 0. The average Bonchev–Trinajstić information content (AvgIpc) is 2.17. The van der Waals surface area contributed by atoms with Crippen molar-refractivity contribution in [1.29, 1.82) is 0 Å². The summed E-state index contributed by atoms with van der Waals surface area (Å²) in [6.45, 7) is 0.746. The summed E-state index contributed by atoms with van der Waals surface area (Å²) >= 11 is 0. The van der Waals surface area contributed by atoms with Gasteiger partial charge in [0, 0.05) is 5.69 Å². The van der Waals surface area contributed by atoms with E-state index >= 15 is 0 Å². The van der Waals surface area contributed by atoms with E-state index in [-0.39, 0.29) is 0 Å². The van der Waals surface area contributed by atoms with E-state index in [9.17, 15) is 0 Å². The average molecular weight is 176 g/mol. The normalized spacial score (nSPS) is 21.2. The van der Waals surface area contributed by atoms with E-state index in [4.69, 9.17) is 11.5 Å². The fourth-order valence-electron chi connectivity index (χ4n) is 2.16. The van der Waals surface area contributed by atoms with Crippen molar-refractivity contribution in [1.82, 2.24) is 0 Å². The fourth-order valence-corrected chi connectivity index (χ4v) is 2.16.